The lowest BCUT2D eigenvalue weighted by Gasteiger charge is -2.27. The largest absolute Gasteiger partial charge is 0.443 e. The minimum Gasteiger partial charge on any atom is -0.443 e. The number of para-hydroxylation sites is 1. The SMILES string of the molecule is CN(C(=O)OC(C)(C)C)c1c(C(N)=O)c(=O)n(-c2ccccc2)c2nc(C(F)(F)F)ccc12. The van der Waals surface area contributed by atoms with Crippen LogP contribution in [0.2, 0.25) is 0 Å². The van der Waals surface area contributed by atoms with Gasteiger partial charge in [-0.1, -0.05) is 18.2 Å². The van der Waals surface area contributed by atoms with Crippen LogP contribution in [0.25, 0.3) is 16.7 Å². The Morgan fingerprint density at radius 2 is 1.67 bits per heavy atom. The highest BCUT2D eigenvalue weighted by atomic mass is 19.4. The van der Waals surface area contributed by atoms with Gasteiger partial charge in [0, 0.05) is 12.4 Å². The molecule has 33 heavy (non-hydrogen) atoms. The van der Waals surface area contributed by atoms with Crippen LogP contribution in [0.3, 0.4) is 0 Å². The zero-order valence-electron chi connectivity index (χ0n) is 18.2. The van der Waals surface area contributed by atoms with Gasteiger partial charge in [-0.15, -0.1) is 0 Å². The first-order chi connectivity index (χ1) is 15.2. The van der Waals surface area contributed by atoms with Crippen molar-refractivity contribution in [2.75, 3.05) is 11.9 Å². The summed E-state index contributed by atoms with van der Waals surface area (Å²) in [5.41, 5.74) is 1.14. The Balaban J connectivity index is 2.47. The van der Waals surface area contributed by atoms with Crippen LogP contribution in [0.5, 0.6) is 0 Å². The predicted molar refractivity (Wildman–Crippen MR) is 115 cm³/mol. The minimum absolute atomic E-state index is 0.0754. The van der Waals surface area contributed by atoms with Gasteiger partial charge in [0.1, 0.15) is 22.5 Å². The molecule has 0 radical (unpaired) electrons. The van der Waals surface area contributed by atoms with Crippen LogP contribution in [-0.4, -0.2) is 34.2 Å². The van der Waals surface area contributed by atoms with Crippen molar-refractivity contribution in [2.45, 2.75) is 32.5 Å². The number of hydrogen-bond acceptors (Lipinski definition) is 5. The molecule has 2 heterocycles. The highest BCUT2D eigenvalue weighted by Crippen LogP contribution is 2.34. The fourth-order valence-electron chi connectivity index (χ4n) is 3.21. The first kappa shape index (κ1) is 23.8. The molecule has 1 aromatic carbocycles. The van der Waals surface area contributed by atoms with E-state index in [1.807, 2.05) is 0 Å². The second kappa shape index (κ2) is 8.23. The molecule has 3 rings (SSSR count). The maximum absolute atomic E-state index is 13.4. The van der Waals surface area contributed by atoms with Crippen molar-refractivity contribution >= 4 is 28.7 Å². The van der Waals surface area contributed by atoms with Gasteiger partial charge in [0.05, 0.1) is 11.4 Å². The van der Waals surface area contributed by atoms with E-state index in [0.717, 1.165) is 15.5 Å². The quantitative estimate of drug-likeness (QED) is 0.636. The van der Waals surface area contributed by atoms with Gasteiger partial charge in [-0.2, -0.15) is 13.2 Å². The predicted octanol–water partition coefficient (Wildman–Crippen LogP) is 3.87. The number of anilines is 1. The number of ether oxygens (including phenoxy) is 1. The van der Waals surface area contributed by atoms with Crippen molar-refractivity contribution in [1.29, 1.82) is 0 Å². The van der Waals surface area contributed by atoms with Crippen molar-refractivity contribution < 1.29 is 27.5 Å². The smallest absolute Gasteiger partial charge is 0.433 e. The van der Waals surface area contributed by atoms with Crippen molar-refractivity contribution in [3.8, 4) is 5.69 Å². The summed E-state index contributed by atoms with van der Waals surface area (Å²) in [7, 11) is 1.22. The van der Waals surface area contributed by atoms with E-state index in [4.69, 9.17) is 10.5 Å². The summed E-state index contributed by atoms with van der Waals surface area (Å²) in [4.78, 5) is 43.0. The topological polar surface area (TPSA) is 108 Å². The molecule has 0 spiro atoms. The number of fused-ring (bicyclic) bond motifs is 1. The molecule has 174 valence electrons. The average molecular weight is 462 g/mol. The Morgan fingerprint density at radius 1 is 1.06 bits per heavy atom. The number of rotatable bonds is 3. The molecule has 0 aliphatic rings. The number of halogens is 3. The van der Waals surface area contributed by atoms with Crippen molar-refractivity contribution in [3.63, 3.8) is 0 Å². The molecule has 2 amide bonds. The van der Waals surface area contributed by atoms with E-state index in [1.54, 1.807) is 39.0 Å². The standard InChI is InChI=1S/C22H21F3N4O4/c1-21(2,3)33-20(32)28(4)16-13-10-11-14(22(23,24)25)27-18(13)29(12-8-6-5-7-9-12)19(31)15(16)17(26)30/h5-11H,1-4H3,(H2,26,30). The minimum atomic E-state index is -4.80. The Labute approximate surface area is 186 Å². The van der Waals surface area contributed by atoms with Crippen molar-refractivity contribution in [2.24, 2.45) is 5.73 Å². The molecule has 11 heteroatoms. The molecule has 0 saturated carbocycles. The molecular weight excluding hydrogens is 441 g/mol. The van der Waals surface area contributed by atoms with Gasteiger partial charge < -0.3 is 10.5 Å². The number of primary amides is 1. The molecule has 2 N–H and O–H groups in total. The van der Waals surface area contributed by atoms with Crippen LogP contribution in [0.4, 0.5) is 23.7 Å². The van der Waals surface area contributed by atoms with E-state index >= 15 is 0 Å². The van der Waals surface area contributed by atoms with E-state index in [0.29, 0.717) is 6.07 Å². The summed E-state index contributed by atoms with van der Waals surface area (Å²) in [6.45, 7) is 4.82. The second-order valence-electron chi connectivity index (χ2n) is 8.17. The molecule has 0 aliphatic carbocycles. The van der Waals surface area contributed by atoms with Crippen LogP contribution in [-0.2, 0) is 10.9 Å². The highest BCUT2D eigenvalue weighted by Gasteiger charge is 2.35. The molecule has 0 unspecified atom stereocenters. The Bertz CT molecular complexity index is 1300. The number of pyridine rings is 2. The van der Waals surface area contributed by atoms with Gasteiger partial charge in [0.25, 0.3) is 11.5 Å². The molecule has 0 atom stereocenters. The molecular formula is C22H21F3N4O4. The van der Waals surface area contributed by atoms with Gasteiger partial charge in [-0.25, -0.2) is 9.78 Å². The van der Waals surface area contributed by atoms with Gasteiger partial charge in [0.2, 0.25) is 0 Å². The third-order valence-corrected chi connectivity index (χ3v) is 4.55. The Morgan fingerprint density at radius 3 is 2.18 bits per heavy atom. The van der Waals surface area contributed by atoms with Gasteiger partial charge >= 0.3 is 12.3 Å². The summed E-state index contributed by atoms with van der Waals surface area (Å²) < 4.78 is 46.4. The van der Waals surface area contributed by atoms with E-state index in [2.05, 4.69) is 4.98 Å². The lowest BCUT2D eigenvalue weighted by molar-refractivity contribution is -0.141. The fourth-order valence-corrected chi connectivity index (χ4v) is 3.21. The Hall–Kier alpha value is -3.89. The number of carbonyl (C=O) groups excluding carboxylic acids is 2. The number of hydrogen-bond donors (Lipinski definition) is 1. The Kier molecular flexibility index (Phi) is 5.93. The summed E-state index contributed by atoms with van der Waals surface area (Å²) in [6.07, 6.45) is -5.74. The molecule has 0 fully saturated rings. The van der Waals surface area contributed by atoms with Crippen LogP contribution in [0.1, 0.15) is 36.8 Å². The summed E-state index contributed by atoms with van der Waals surface area (Å²) in [6, 6.07) is 9.42. The van der Waals surface area contributed by atoms with Gasteiger partial charge in [-0.05, 0) is 45.0 Å². The van der Waals surface area contributed by atoms with Gasteiger partial charge in [0.15, 0.2) is 0 Å². The van der Waals surface area contributed by atoms with E-state index in [9.17, 15) is 27.6 Å². The van der Waals surface area contributed by atoms with Crippen LogP contribution >= 0.6 is 0 Å². The normalized spacial score (nSPS) is 12.0. The molecule has 0 aliphatic heterocycles. The van der Waals surface area contributed by atoms with Crippen LogP contribution in [0.15, 0.2) is 47.3 Å². The molecule has 2 aromatic heterocycles. The fraction of sp³-hybridized carbons (Fsp3) is 0.273. The van der Waals surface area contributed by atoms with Crippen molar-refractivity contribution in [3.05, 3.63) is 64.1 Å². The lowest BCUT2D eigenvalue weighted by Crippen LogP contribution is -2.38. The number of benzene rings is 1. The van der Waals surface area contributed by atoms with Crippen molar-refractivity contribution in [1.82, 2.24) is 9.55 Å². The van der Waals surface area contributed by atoms with Gasteiger partial charge in [-0.3, -0.25) is 19.1 Å². The number of nitrogens with two attached hydrogens (primary N) is 1. The number of amides is 2. The monoisotopic (exact) mass is 462 g/mol. The van der Waals surface area contributed by atoms with Crippen LogP contribution < -0.4 is 16.2 Å². The first-order valence-electron chi connectivity index (χ1n) is 9.71. The molecule has 0 bridgehead atoms. The summed E-state index contributed by atoms with van der Waals surface area (Å²) in [5, 5.41) is -0.0754. The maximum Gasteiger partial charge on any atom is 0.433 e. The van der Waals surface area contributed by atoms with E-state index in [1.165, 1.54) is 19.2 Å². The average Bonchev–Trinajstić information content (AvgIpc) is 2.70. The number of carbonyl (C=O) groups is 2. The van der Waals surface area contributed by atoms with E-state index in [-0.39, 0.29) is 16.8 Å². The lowest BCUT2D eigenvalue weighted by atomic mass is 10.1. The zero-order chi connectivity index (χ0) is 24.7. The third-order valence-electron chi connectivity index (χ3n) is 4.55. The second-order valence-corrected chi connectivity index (χ2v) is 8.17. The maximum atomic E-state index is 13.4. The first-order valence-corrected chi connectivity index (χ1v) is 9.71. The highest BCUT2D eigenvalue weighted by molar-refractivity contribution is 6.10. The molecule has 8 nitrogen and oxygen atoms in total. The molecule has 3 aromatic rings. The number of aromatic nitrogens is 2. The van der Waals surface area contributed by atoms with Crippen LogP contribution in [0, 0.1) is 0 Å². The van der Waals surface area contributed by atoms with E-state index < -0.39 is 46.2 Å². The number of alkyl halides is 3. The third kappa shape index (κ3) is 4.66. The molecule has 0 saturated heterocycles. The number of nitrogens with zero attached hydrogens (tertiary/aromatic N) is 3. The zero-order valence-corrected chi connectivity index (χ0v) is 18.2. The summed E-state index contributed by atoms with van der Waals surface area (Å²) in [5.74, 6) is -1.17. The summed E-state index contributed by atoms with van der Waals surface area (Å²) >= 11 is 0.